The molecule has 0 bridgehead atoms. The van der Waals surface area contributed by atoms with Gasteiger partial charge in [0.2, 0.25) is 0 Å². The molecule has 2 aromatic carbocycles. The van der Waals surface area contributed by atoms with Crippen molar-refractivity contribution in [2.24, 2.45) is 10.7 Å². The number of benzene rings is 2. The second-order valence-electron chi connectivity index (χ2n) is 6.30. The van der Waals surface area contributed by atoms with Crippen LogP contribution >= 0.6 is 24.0 Å². The number of methoxy groups -OCH3 is 1. The number of aliphatic imine (C=N–C) groups is 1. The van der Waals surface area contributed by atoms with Gasteiger partial charge in [-0.1, -0.05) is 43.3 Å². The van der Waals surface area contributed by atoms with Gasteiger partial charge in [-0.05, 0) is 30.0 Å². The highest BCUT2D eigenvalue weighted by Gasteiger charge is 2.30. The lowest BCUT2D eigenvalue weighted by Gasteiger charge is -2.14. The Hall–Kier alpha value is -1.81. The van der Waals surface area contributed by atoms with Gasteiger partial charge in [0.15, 0.2) is 5.96 Å². The second kappa shape index (κ2) is 11.3. The summed E-state index contributed by atoms with van der Waals surface area (Å²) in [6, 6.07) is 13.0. The Balaban J connectivity index is 0.00000392. The third kappa shape index (κ3) is 7.31. The van der Waals surface area contributed by atoms with Crippen LogP contribution in [0.5, 0.6) is 0 Å². The molecule has 28 heavy (non-hydrogen) atoms. The van der Waals surface area contributed by atoms with Crippen LogP contribution in [0.15, 0.2) is 53.5 Å². The molecular formula is C20H25F3IN3O. The van der Waals surface area contributed by atoms with E-state index in [2.05, 4.69) is 10.3 Å². The molecule has 2 rings (SSSR count). The van der Waals surface area contributed by atoms with Crippen LogP contribution in [0.25, 0.3) is 0 Å². The van der Waals surface area contributed by atoms with Crippen LogP contribution in [0.4, 0.5) is 18.9 Å². The average Bonchev–Trinajstić information content (AvgIpc) is 2.63. The van der Waals surface area contributed by atoms with E-state index >= 15 is 0 Å². The quantitative estimate of drug-likeness (QED) is 0.300. The minimum Gasteiger partial charge on any atom is -0.380 e. The number of anilines is 1. The molecule has 3 N–H and O–H groups in total. The van der Waals surface area contributed by atoms with Crippen LogP contribution < -0.4 is 11.1 Å². The lowest BCUT2D eigenvalue weighted by Crippen LogP contribution is -2.23. The first kappa shape index (κ1) is 24.2. The van der Waals surface area contributed by atoms with Crippen molar-refractivity contribution in [3.05, 3.63) is 65.2 Å². The summed E-state index contributed by atoms with van der Waals surface area (Å²) in [5, 5.41) is 3.04. The number of hydrogen-bond donors (Lipinski definition) is 2. The molecule has 1 unspecified atom stereocenters. The molecule has 0 aliphatic carbocycles. The Bertz CT molecular complexity index is 781. The first-order chi connectivity index (χ1) is 12.8. The minimum atomic E-state index is -4.34. The molecule has 0 heterocycles. The number of ether oxygens (including phenoxy) is 1. The summed E-state index contributed by atoms with van der Waals surface area (Å²) in [5.41, 5.74) is 7.69. The van der Waals surface area contributed by atoms with Crippen LogP contribution in [0.2, 0.25) is 0 Å². The smallest absolute Gasteiger partial charge is 0.380 e. The molecule has 0 aliphatic heterocycles. The van der Waals surface area contributed by atoms with E-state index in [0.717, 1.165) is 17.3 Å². The average molecular weight is 507 g/mol. The predicted molar refractivity (Wildman–Crippen MR) is 117 cm³/mol. The summed E-state index contributed by atoms with van der Waals surface area (Å²) in [4.78, 5) is 4.28. The number of nitrogens with one attached hydrogen (secondary N) is 1. The summed E-state index contributed by atoms with van der Waals surface area (Å²) in [6.45, 7) is 2.73. The maximum atomic E-state index is 12.8. The first-order valence-corrected chi connectivity index (χ1v) is 8.62. The Morgan fingerprint density at radius 3 is 2.57 bits per heavy atom. The molecule has 0 saturated heterocycles. The van der Waals surface area contributed by atoms with E-state index in [1.165, 1.54) is 12.1 Å². The predicted octanol–water partition coefficient (Wildman–Crippen LogP) is 5.39. The lowest BCUT2D eigenvalue weighted by atomic mass is 9.96. The Labute approximate surface area is 180 Å². The lowest BCUT2D eigenvalue weighted by molar-refractivity contribution is -0.137. The number of para-hydroxylation sites is 1. The van der Waals surface area contributed by atoms with Crippen molar-refractivity contribution in [1.29, 1.82) is 0 Å². The molecule has 154 valence electrons. The van der Waals surface area contributed by atoms with Crippen molar-refractivity contribution in [2.45, 2.75) is 32.0 Å². The largest absolute Gasteiger partial charge is 0.416 e. The van der Waals surface area contributed by atoms with Crippen molar-refractivity contribution >= 4 is 35.6 Å². The van der Waals surface area contributed by atoms with Gasteiger partial charge >= 0.3 is 6.18 Å². The van der Waals surface area contributed by atoms with Gasteiger partial charge in [0.05, 0.1) is 12.2 Å². The van der Waals surface area contributed by atoms with Gasteiger partial charge in [-0.25, -0.2) is 0 Å². The van der Waals surface area contributed by atoms with E-state index in [0.29, 0.717) is 25.1 Å². The fourth-order valence-corrected chi connectivity index (χ4v) is 2.67. The zero-order valence-electron chi connectivity index (χ0n) is 15.8. The van der Waals surface area contributed by atoms with Crippen LogP contribution in [-0.4, -0.2) is 19.6 Å². The summed E-state index contributed by atoms with van der Waals surface area (Å²) < 4.78 is 43.6. The fourth-order valence-electron chi connectivity index (χ4n) is 2.67. The number of rotatable bonds is 7. The number of hydrogen-bond acceptors (Lipinski definition) is 2. The molecule has 8 heteroatoms. The number of alkyl halides is 3. The SMILES string of the molecule is COCc1ccccc1NC(N)=NCCC(C)c1cccc(C(F)(F)F)c1.I. The number of guanidine groups is 1. The Kier molecular flexibility index (Phi) is 9.74. The molecule has 4 nitrogen and oxygen atoms in total. The molecule has 0 aliphatic rings. The van der Waals surface area contributed by atoms with Gasteiger partial charge in [0.25, 0.3) is 0 Å². The maximum absolute atomic E-state index is 12.8. The Morgan fingerprint density at radius 1 is 1.18 bits per heavy atom. The topological polar surface area (TPSA) is 59.6 Å². The molecule has 2 aromatic rings. The molecule has 0 spiro atoms. The fraction of sp³-hybridized carbons (Fsp3) is 0.350. The van der Waals surface area contributed by atoms with E-state index in [1.807, 2.05) is 31.2 Å². The van der Waals surface area contributed by atoms with Crippen LogP contribution in [0.1, 0.15) is 36.0 Å². The van der Waals surface area contributed by atoms with E-state index in [4.69, 9.17) is 10.5 Å². The van der Waals surface area contributed by atoms with E-state index in [-0.39, 0.29) is 35.9 Å². The standard InChI is InChI=1S/C20H24F3N3O.HI/c1-14(15-7-5-8-17(12-15)20(21,22)23)10-11-25-19(24)26-18-9-4-3-6-16(18)13-27-2;/h3-9,12,14H,10-11,13H2,1-2H3,(H3,24,25,26);1H. The normalized spacial score (nSPS) is 13.0. The molecule has 1 atom stereocenters. The molecule has 0 aromatic heterocycles. The minimum absolute atomic E-state index is 0. The summed E-state index contributed by atoms with van der Waals surface area (Å²) in [7, 11) is 1.61. The van der Waals surface area contributed by atoms with E-state index in [9.17, 15) is 13.2 Å². The zero-order valence-corrected chi connectivity index (χ0v) is 18.1. The molecular weight excluding hydrogens is 482 g/mol. The molecule has 0 radical (unpaired) electrons. The number of nitrogens with zero attached hydrogens (tertiary/aromatic N) is 1. The van der Waals surface area contributed by atoms with Gasteiger partial charge in [0.1, 0.15) is 0 Å². The van der Waals surface area contributed by atoms with E-state index in [1.54, 1.807) is 13.2 Å². The Morgan fingerprint density at radius 2 is 1.89 bits per heavy atom. The molecule has 0 saturated carbocycles. The summed E-state index contributed by atoms with van der Waals surface area (Å²) in [6.07, 6.45) is -3.75. The van der Waals surface area contributed by atoms with Crippen molar-refractivity contribution < 1.29 is 17.9 Å². The van der Waals surface area contributed by atoms with Gasteiger partial charge in [-0.3, -0.25) is 4.99 Å². The third-order valence-electron chi connectivity index (χ3n) is 4.21. The number of halogens is 4. The van der Waals surface area contributed by atoms with Gasteiger partial charge in [-0.15, -0.1) is 24.0 Å². The maximum Gasteiger partial charge on any atom is 0.416 e. The van der Waals surface area contributed by atoms with Crippen LogP contribution in [0.3, 0.4) is 0 Å². The summed E-state index contributed by atoms with van der Waals surface area (Å²) in [5.74, 6) is 0.194. The second-order valence-corrected chi connectivity index (χ2v) is 6.30. The highest BCUT2D eigenvalue weighted by Crippen LogP contribution is 2.31. The van der Waals surface area contributed by atoms with Crippen molar-refractivity contribution in [2.75, 3.05) is 19.0 Å². The van der Waals surface area contributed by atoms with Crippen molar-refractivity contribution in [3.63, 3.8) is 0 Å². The van der Waals surface area contributed by atoms with Crippen LogP contribution in [-0.2, 0) is 17.5 Å². The summed E-state index contributed by atoms with van der Waals surface area (Å²) >= 11 is 0. The van der Waals surface area contributed by atoms with Gasteiger partial charge < -0.3 is 15.8 Å². The highest BCUT2D eigenvalue weighted by atomic mass is 127. The van der Waals surface area contributed by atoms with Crippen LogP contribution in [0, 0.1) is 0 Å². The first-order valence-electron chi connectivity index (χ1n) is 8.62. The molecule has 0 amide bonds. The molecule has 0 fully saturated rings. The zero-order chi connectivity index (χ0) is 19.9. The van der Waals surface area contributed by atoms with Crippen molar-refractivity contribution in [1.82, 2.24) is 0 Å². The van der Waals surface area contributed by atoms with Gasteiger partial charge in [-0.2, -0.15) is 13.2 Å². The highest BCUT2D eigenvalue weighted by molar-refractivity contribution is 14.0. The van der Waals surface area contributed by atoms with Crippen molar-refractivity contribution in [3.8, 4) is 0 Å². The van der Waals surface area contributed by atoms with Gasteiger partial charge in [0, 0.05) is 24.9 Å². The number of nitrogens with two attached hydrogens (primary N) is 1. The van der Waals surface area contributed by atoms with E-state index < -0.39 is 11.7 Å². The third-order valence-corrected chi connectivity index (χ3v) is 4.21. The monoisotopic (exact) mass is 507 g/mol.